The smallest absolute Gasteiger partial charge is 0.328 e. The summed E-state index contributed by atoms with van der Waals surface area (Å²) in [6.07, 6.45) is 3.80. The first kappa shape index (κ1) is 29.4. The molecule has 14 nitrogen and oxygen atoms in total. The van der Waals surface area contributed by atoms with Crippen LogP contribution in [0.15, 0.2) is 49.7 Å². The molecule has 1 unspecified atom stereocenters. The van der Waals surface area contributed by atoms with Gasteiger partial charge < -0.3 is 26.1 Å². The Kier molecular flexibility index (Phi) is 9.69. The number of oxime groups is 1. The lowest BCUT2D eigenvalue weighted by Crippen LogP contribution is -2.58. The Morgan fingerprint density at radius 3 is 2.67 bits per heavy atom. The van der Waals surface area contributed by atoms with Gasteiger partial charge in [-0.25, -0.2) is 14.3 Å². The predicted octanol–water partition coefficient (Wildman–Crippen LogP) is 1.13. The molecular formula is C22H23N8O6S4+. The van der Waals surface area contributed by atoms with Crippen molar-refractivity contribution in [2.24, 2.45) is 12.2 Å². The van der Waals surface area contributed by atoms with E-state index in [-0.39, 0.29) is 23.3 Å². The van der Waals surface area contributed by atoms with Gasteiger partial charge in [-0.15, -0.1) is 23.1 Å². The number of pyridine rings is 1. The van der Waals surface area contributed by atoms with Crippen molar-refractivity contribution in [1.82, 2.24) is 25.0 Å². The number of hydrogen-bond donors (Lipinski definition) is 5. The molecule has 1 amide bonds. The Morgan fingerprint density at radius 2 is 2.05 bits per heavy atom. The average molecular weight is 624 g/mol. The fourth-order valence-corrected chi connectivity index (χ4v) is 6.85. The van der Waals surface area contributed by atoms with Gasteiger partial charge in [0.15, 0.2) is 27.9 Å². The van der Waals surface area contributed by atoms with Gasteiger partial charge in [-0.3, -0.25) is 14.9 Å². The van der Waals surface area contributed by atoms with Crippen LogP contribution >= 0.6 is 46.4 Å². The monoisotopic (exact) mass is 623 g/mol. The van der Waals surface area contributed by atoms with Crippen LogP contribution < -0.4 is 20.9 Å². The predicted molar refractivity (Wildman–Crippen MR) is 151 cm³/mol. The summed E-state index contributed by atoms with van der Waals surface area (Å²) in [6.45, 7) is 1.78. The number of carbonyl (C=O) groups is 3. The van der Waals surface area contributed by atoms with Crippen molar-refractivity contribution in [2.75, 3.05) is 12.3 Å². The van der Waals surface area contributed by atoms with Gasteiger partial charge in [-0.1, -0.05) is 16.9 Å². The Morgan fingerprint density at radius 1 is 1.30 bits per heavy atom. The molecule has 1 aliphatic rings. The molecule has 3 aromatic heterocycles. The highest BCUT2D eigenvalue weighted by atomic mass is 32.2. The van der Waals surface area contributed by atoms with E-state index < -0.39 is 35.3 Å². The number of aliphatic carboxylic acids is 2. The third-order valence-electron chi connectivity index (χ3n) is 5.16. The molecule has 210 valence electrons. The van der Waals surface area contributed by atoms with Gasteiger partial charge in [0.05, 0.1) is 11.1 Å². The molecule has 18 heteroatoms. The normalized spacial score (nSPS) is 18.1. The zero-order chi connectivity index (χ0) is 28.8. The third kappa shape index (κ3) is 7.13. The van der Waals surface area contributed by atoms with E-state index >= 15 is 0 Å². The van der Waals surface area contributed by atoms with Crippen molar-refractivity contribution in [1.29, 1.82) is 0 Å². The second-order valence-electron chi connectivity index (χ2n) is 7.97. The van der Waals surface area contributed by atoms with Gasteiger partial charge in [0.2, 0.25) is 11.5 Å². The molecule has 0 spiro atoms. The minimum Gasteiger partial charge on any atom is -0.480 e. The number of thiazole rings is 1. The number of aromatic nitrogens is 4. The summed E-state index contributed by atoms with van der Waals surface area (Å²) in [4.78, 5) is 51.2. The molecule has 4 rings (SSSR count). The summed E-state index contributed by atoms with van der Waals surface area (Å²) in [5.41, 5.74) is 6.91. The van der Waals surface area contributed by atoms with Crippen LogP contribution in [0.3, 0.4) is 0 Å². The number of amides is 1. The van der Waals surface area contributed by atoms with Gasteiger partial charge in [0, 0.05) is 39.5 Å². The molecule has 1 aliphatic heterocycles. The van der Waals surface area contributed by atoms with E-state index in [0.717, 1.165) is 34.6 Å². The molecule has 4 heterocycles. The van der Waals surface area contributed by atoms with Crippen LogP contribution in [0.2, 0.25) is 0 Å². The van der Waals surface area contributed by atoms with Crippen molar-refractivity contribution < 1.29 is 34.0 Å². The number of nitrogens with one attached hydrogen (secondary N) is 2. The number of hydrogen-bond acceptors (Lipinski definition) is 14. The molecule has 6 N–H and O–H groups in total. The maximum absolute atomic E-state index is 13.0. The highest BCUT2D eigenvalue weighted by Crippen LogP contribution is 2.38. The molecule has 3 atom stereocenters. The van der Waals surface area contributed by atoms with Crippen molar-refractivity contribution in [3.63, 3.8) is 0 Å². The van der Waals surface area contributed by atoms with Crippen LogP contribution in [0.5, 0.6) is 0 Å². The minimum atomic E-state index is -1.55. The standard InChI is InChI=1S/C22H22N8O6S4/c1-3-36-28-14(16-27-21(23)40-29-16)17(31)25-15(20(34)35)18-26-13(19(32)33)12(9-37-18)39-22-24-11(8-38-22)10-4-6-30(2)7-5-10/h4-9,13,15,18,26H,3H2,1-2H3,(H4-,23,25,27,29,31,32,33,34,35)/p+1/t13?,15-,18+/m0/s1. The average Bonchev–Trinajstić information content (AvgIpc) is 3.57. The largest absolute Gasteiger partial charge is 0.480 e. The first-order chi connectivity index (χ1) is 19.2. The highest BCUT2D eigenvalue weighted by Gasteiger charge is 2.39. The van der Waals surface area contributed by atoms with Crippen LogP contribution in [0, 0.1) is 0 Å². The van der Waals surface area contributed by atoms with Crippen molar-refractivity contribution in [3.05, 3.63) is 46.0 Å². The van der Waals surface area contributed by atoms with E-state index in [9.17, 15) is 24.6 Å². The molecule has 0 aromatic carbocycles. The quantitative estimate of drug-likeness (QED) is 0.115. The van der Waals surface area contributed by atoms with E-state index in [1.165, 1.54) is 23.1 Å². The number of nitrogens with zero attached hydrogens (tertiary/aromatic N) is 5. The summed E-state index contributed by atoms with van der Waals surface area (Å²) < 4.78 is 6.46. The summed E-state index contributed by atoms with van der Waals surface area (Å²) >= 11 is 4.39. The van der Waals surface area contributed by atoms with E-state index in [2.05, 4.69) is 30.1 Å². The number of thioether (sulfide) groups is 2. The van der Waals surface area contributed by atoms with Crippen LogP contribution in [0.25, 0.3) is 11.3 Å². The van der Waals surface area contributed by atoms with Crippen molar-refractivity contribution >= 4 is 75.1 Å². The number of carbonyl (C=O) groups excluding carboxylic acids is 1. The Hall–Kier alpha value is -3.58. The van der Waals surface area contributed by atoms with Gasteiger partial charge in [0.25, 0.3) is 5.91 Å². The van der Waals surface area contributed by atoms with Gasteiger partial charge in [-0.2, -0.15) is 9.36 Å². The van der Waals surface area contributed by atoms with Crippen molar-refractivity contribution in [3.8, 4) is 11.3 Å². The first-order valence-electron chi connectivity index (χ1n) is 11.4. The molecule has 0 aliphatic carbocycles. The first-order valence-corrected chi connectivity index (χ1v) is 14.8. The minimum absolute atomic E-state index is 0.0796. The molecule has 3 aromatic rings. The lowest BCUT2D eigenvalue weighted by molar-refractivity contribution is -0.671. The number of carboxylic acid groups (broad SMARTS) is 2. The topological polar surface area (TPSA) is 206 Å². The Balaban J connectivity index is 1.51. The molecule has 0 saturated carbocycles. The van der Waals surface area contributed by atoms with E-state index in [4.69, 9.17) is 10.6 Å². The van der Waals surface area contributed by atoms with Gasteiger partial charge in [-0.05, 0) is 12.3 Å². The maximum atomic E-state index is 13.0. The number of nitrogen functional groups attached to an aromatic ring is 1. The van der Waals surface area contributed by atoms with E-state index in [1.54, 1.807) is 12.3 Å². The van der Waals surface area contributed by atoms with E-state index in [0.29, 0.717) is 9.24 Å². The maximum Gasteiger partial charge on any atom is 0.328 e. The van der Waals surface area contributed by atoms with Crippen LogP contribution in [-0.4, -0.2) is 72.2 Å². The summed E-state index contributed by atoms with van der Waals surface area (Å²) in [6, 6.07) is 1.07. The Labute approximate surface area is 243 Å². The molecule has 0 bridgehead atoms. The molecular weight excluding hydrogens is 601 g/mol. The third-order valence-corrected chi connectivity index (χ3v) is 8.98. The second-order valence-corrected chi connectivity index (χ2v) is 11.9. The van der Waals surface area contributed by atoms with Crippen LogP contribution in [0.1, 0.15) is 12.7 Å². The molecule has 0 fully saturated rings. The zero-order valence-corrected chi connectivity index (χ0v) is 24.1. The fraction of sp³-hybridized carbons (Fsp3) is 0.273. The number of anilines is 1. The number of carboxylic acids is 2. The van der Waals surface area contributed by atoms with Gasteiger partial charge >= 0.3 is 11.9 Å². The van der Waals surface area contributed by atoms with Crippen molar-refractivity contribution in [2.45, 2.75) is 28.7 Å². The lowest BCUT2D eigenvalue weighted by atomic mass is 10.2. The second kappa shape index (κ2) is 13.2. The summed E-state index contributed by atoms with van der Waals surface area (Å²) in [5, 5.41) is 31.2. The zero-order valence-electron chi connectivity index (χ0n) is 20.9. The highest BCUT2D eigenvalue weighted by molar-refractivity contribution is 8.07. The lowest BCUT2D eigenvalue weighted by Gasteiger charge is -2.31. The Bertz CT molecular complexity index is 1460. The van der Waals surface area contributed by atoms with Crippen LogP contribution in [-0.2, 0) is 26.3 Å². The molecule has 40 heavy (non-hydrogen) atoms. The fourth-order valence-electron chi connectivity index (χ4n) is 3.27. The molecule has 0 saturated heterocycles. The molecule has 0 radical (unpaired) electrons. The van der Waals surface area contributed by atoms with Gasteiger partial charge in [0.1, 0.15) is 19.7 Å². The number of rotatable bonds is 11. The summed E-state index contributed by atoms with van der Waals surface area (Å²) in [7, 11) is 1.91. The number of aryl methyl sites for hydroxylation is 1. The van der Waals surface area contributed by atoms with E-state index in [1.807, 2.05) is 41.5 Å². The SMILES string of the molecule is CCON=C(C(=O)N[C@H](C(=O)O)[C@@H]1NC(C(=O)O)C(Sc2nc(-c3cc[n+](C)cc3)cs2)=CS1)c1nsc(N)n1. The number of nitrogens with two attached hydrogens (primary N) is 1. The van der Waals surface area contributed by atoms with Crippen LogP contribution in [0.4, 0.5) is 5.13 Å². The summed E-state index contributed by atoms with van der Waals surface area (Å²) in [5.74, 6) is -3.67.